The standard InChI is InChI=1S/C16H20N2O/c1-16(2,3)12-8-6-10(7-9-12)13-14(11-4-5-11)18-19-15(13)17/h6-9,11H,4-5,17H2,1-3H3. The van der Waals surface area contributed by atoms with Crippen molar-refractivity contribution in [2.24, 2.45) is 0 Å². The zero-order valence-corrected chi connectivity index (χ0v) is 11.7. The van der Waals surface area contributed by atoms with E-state index in [0.29, 0.717) is 11.8 Å². The third kappa shape index (κ3) is 2.25. The molecule has 1 saturated carbocycles. The maximum atomic E-state index is 5.93. The van der Waals surface area contributed by atoms with Crippen LogP contribution in [-0.2, 0) is 5.41 Å². The number of nitrogen functional groups attached to an aromatic ring is 1. The molecule has 1 aromatic heterocycles. The predicted molar refractivity (Wildman–Crippen MR) is 77.0 cm³/mol. The van der Waals surface area contributed by atoms with Gasteiger partial charge >= 0.3 is 0 Å². The minimum Gasteiger partial charge on any atom is -0.367 e. The van der Waals surface area contributed by atoms with Crippen molar-refractivity contribution in [1.82, 2.24) is 5.16 Å². The summed E-state index contributed by atoms with van der Waals surface area (Å²) in [7, 11) is 0. The van der Waals surface area contributed by atoms with Gasteiger partial charge in [0.15, 0.2) is 0 Å². The number of nitrogens with zero attached hydrogens (tertiary/aromatic N) is 1. The van der Waals surface area contributed by atoms with Gasteiger partial charge in [0.05, 0.1) is 11.3 Å². The number of rotatable bonds is 2. The third-order valence-corrected chi connectivity index (χ3v) is 3.75. The predicted octanol–water partition coefficient (Wildman–Crippen LogP) is 4.10. The quantitative estimate of drug-likeness (QED) is 0.880. The summed E-state index contributed by atoms with van der Waals surface area (Å²) in [6, 6.07) is 8.57. The van der Waals surface area contributed by atoms with E-state index in [1.165, 1.54) is 18.4 Å². The van der Waals surface area contributed by atoms with Gasteiger partial charge < -0.3 is 10.3 Å². The molecule has 2 N–H and O–H groups in total. The van der Waals surface area contributed by atoms with E-state index in [-0.39, 0.29) is 5.41 Å². The Morgan fingerprint density at radius 2 is 1.79 bits per heavy atom. The zero-order valence-electron chi connectivity index (χ0n) is 11.7. The average Bonchev–Trinajstić information content (AvgIpc) is 3.12. The summed E-state index contributed by atoms with van der Waals surface area (Å²) in [5.74, 6) is 0.976. The molecule has 100 valence electrons. The lowest BCUT2D eigenvalue weighted by atomic mass is 9.86. The Bertz CT molecular complexity index is 586. The maximum absolute atomic E-state index is 5.93. The number of benzene rings is 1. The number of hydrogen-bond acceptors (Lipinski definition) is 3. The third-order valence-electron chi connectivity index (χ3n) is 3.75. The van der Waals surface area contributed by atoms with Gasteiger partial charge in [0.25, 0.3) is 0 Å². The summed E-state index contributed by atoms with van der Waals surface area (Å²) in [5, 5.41) is 4.13. The number of hydrogen-bond donors (Lipinski definition) is 1. The van der Waals surface area contributed by atoms with Crippen LogP contribution in [-0.4, -0.2) is 5.16 Å². The molecule has 1 aromatic carbocycles. The molecule has 1 aliphatic rings. The van der Waals surface area contributed by atoms with E-state index < -0.39 is 0 Å². The molecule has 2 aromatic rings. The Morgan fingerprint density at radius 3 is 2.32 bits per heavy atom. The molecule has 1 fully saturated rings. The van der Waals surface area contributed by atoms with Crippen LogP contribution in [0.4, 0.5) is 5.88 Å². The van der Waals surface area contributed by atoms with Crippen molar-refractivity contribution in [1.29, 1.82) is 0 Å². The molecular formula is C16H20N2O. The highest BCUT2D eigenvalue weighted by molar-refractivity contribution is 5.76. The number of aromatic nitrogens is 1. The van der Waals surface area contributed by atoms with E-state index in [9.17, 15) is 0 Å². The van der Waals surface area contributed by atoms with Crippen molar-refractivity contribution in [2.45, 2.75) is 44.9 Å². The molecular weight excluding hydrogens is 236 g/mol. The Hall–Kier alpha value is -1.77. The molecule has 1 heterocycles. The average molecular weight is 256 g/mol. The first kappa shape index (κ1) is 12.3. The van der Waals surface area contributed by atoms with Crippen LogP contribution in [0.3, 0.4) is 0 Å². The van der Waals surface area contributed by atoms with Crippen LogP contribution >= 0.6 is 0 Å². The minimum atomic E-state index is 0.165. The van der Waals surface area contributed by atoms with Crippen molar-refractivity contribution >= 4 is 5.88 Å². The summed E-state index contributed by atoms with van der Waals surface area (Å²) in [4.78, 5) is 0. The highest BCUT2D eigenvalue weighted by atomic mass is 16.5. The van der Waals surface area contributed by atoms with Crippen LogP contribution in [0.2, 0.25) is 0 Å². The molecule has 19 heavy (non-hydrogen) atoms. The molecule has 0 spiro atoms. The van der Waals surface area contributed by atoms with Crippen LogP contribution in [0.5, 0.6) is 0 Å². The van der Waals surface area contributed by atoms with E-state index in [2.05, 4.69) is 50.2 Å². The molecule has 0 bridgehead atoms. The highest BCUT2D eigenvalue weighted by Crippen LogP contribution is 2.45. The lowest BCUT2D eigenvalue weighted by Gasteiger charge is -2.19. The van der Waals surface area contributed by atoms with Crippen molar-refractivity contribution in [3.05, 3.63) is 35.5 Å². The topological polar surface area (TPSA) is 52.0 Å². The van der Waals surface area contributed by atoms with Crippen LogP contribution < -0.4 is 5.73 Å². The SMILES string of the molecule is CC(C)(C)c1ccc(-c2c(C3CC3)noc2N)cc1. The summed E-state index contributed by atoms with van der Waals surface area (Å²) in [6.45, 7) is 6.64. The second-order valence-electron chi connectivity index (χ2n) is 6.41. The van der Waals surface area contributed by atoms with Gasteiger partial charge in [-0.2, -0.15) is 0 Å². The maximum Gasteiger partial charge on any atom is 0.230 e. The zero-order chi connectivity index (χ0) is 13.6. The molecule has 3 nitrogen and oxygen atoms in total. The molecule has 0 atom stereocenters. The van der Waals surface area contributed by atoms with Gasteiger partial charge in [0.2, 0.25) is 5.88 Å². The smallest absolute Gasteiger partial charge is 0.230 e. The van der Waals surface area contributed by atoms with Gasteiger partial charge in [-0.25, -0.2) is 0 Å². The van der Waals surface area contributed by atoms with E-state index in [1.54, 1.807) is 0 Å². The lowest BCUT2D eigenvalue weighted by molar-refractivity contribution is 0.428. The van der Waals surface area contributed by atoms with Crippen molar-refractivity contribution in [3.8, 4) is 11.1 Å². The van der Waals surface area contributed by atoms with E-state index in [4.69, 9.17) is 10.3 Å². The number of nitrogens with two attached hydrogens (primary N) is 1. The van der Waals surface area contributed by atoms with E-state index in [0.717, 1.165) is 16.8 Å². The largest absolute Gasteiger partial charge is 0.367 e. The lowest BCUT2D eigenvalue weighted by Crippen LogP contribution is -2.10. The van der Waals surface area contributed by atoms with Gasteiger partial charge in [0, 0.05) is 5.92 Å². The Kier molecular flexibility index (Phi) is 2.66. The summed E-state index contributed by atoms with van der Waals surface area (Å²) < 4.78 is 5.18. The minimum absolute atomic E-state index is 0.165. The van der Waals surface area contributed by atoms with E-state index >= 15 is 0 Å². The molecule has 3 rings (SSSR count). The molecule has 0 saturated heterocycles. The fourth-order valence-corrected chi connectivity index (χ4v) is 2.38. The molecule has 0 unspecified atom stereocenters. The summed E-state index contributed by atoms with van der Waals surface area (Å²) >= 11 is 0. The first-order chi connectivity index (χ1) is 8.97. The molecule has 1 aliphatic carbocycles. The van der Waals surface area contributed by atoms with Gasteiger partial charge in [-0.1, -0.05) is 50.2 Å². The van der Waals surface area contributed by atoms with E-state index in [1.807, 2.05) is 0 Å². The Labute approximate surface area is 113 Å². The van der Waals surface area contributed by atoms with Crippen molar-refractivity contribution < 1.29 is 4.52 Å². The fraction of sp³-hybridized carbons (Fsp3) is 0.438. The first-order valence-electron chi connectivity index (χ1n) is 6.83. The van der Waals surface area contributed by atoms with Gasteiger partial charge in [-0.05, 0) is 29.4 Å². The van der Waals surface area contributed by atoms with Crippen LogP contribution in [0.15, 0.2) is 28.8 Å². The van der Waals surface area contributed by atoms with Crippen LogP contribution in [0.25, 0.3) is 11.1 Å². The van der Waals surface area contributed by atoms with Crippen molar-refractivity contribution in [2.75, 3.05) is 5.73 Å². The van der Waals surface area contributed by atoms with Gasteiger partial charge in [-0.3, -0.25) is 0 Å². The molecule has 0 radical (unpaired) electrons. The molecule has 0 amide bonds. The summed E-state index contributed by atoms with van der Waals surface area (Å²) in [5.41, 5.74) is 10.5. The van der Waals surface area contributed by atoms with Gasteiger partial charge in [0.1, 0.15) is 0 Å². The van der Waals surface area contributed by atoms with Crippen LogP contribution in [0.1, 0.15) is 50.8 Å². The molecule has 3 heteroatoms. The first-order valence-corrected chi connectivity index (χ1v) is 6.83. The van der Waals surface area contributed by atoms with Crippen molar-refractivity contribution in [3.63, 3.8) is 0 Å². The molecule has 0 aliphatic heterocycles. The second-order valence-corrected chi connectivity index (χ2v) is 6.41. The Balaban J connectivity index is 2.01. The summed E-state index contributed by atoms with van der Waals surface area (Å²) in [6.07, 6.45) is 2.39. The van der Waals surface area contributed by atoms with Gasteiger partial charge in [-0.15, -0.1) is 0 Å². The normalized spacial score (nSPS) is 15.7. The second kappa shape index (κ2) is 4.12. The monoisotopic (exact) mass is 256 g/mol. The Morgan fingerprint density at radius 1 is 1.16 bits per heavy atom. The fourth-order valence-electron chi connectivity index (χ4n) is 2.38. The highest BCUT2D eigenvalue weighted by Gasteiger charge is 2.31. The van der Waals surface area contributed by atoms with Crippen LogP contribution in [0, 0.1) is 0 Å². The number of anilines is 1.